The molecule has 3 rings (SSSR count). The van der Waals surface area contributed by atoms with Crippen molar-refractivity contribution in [3.8, 4) is 0 Å². The van der Waals surface area contributed by atoms with E-state index in [-0.39, 0.29) is 23.9 Å². The predicted molar refractivity (Wildman–Crippen MR) is 112 cm³/mol. The maximum Gasteiger partial charge on any atom is 0.331 e. The highest BCUT2D eigenvalue weighted by atomic mass is 16.2. The lowest BCUT2D eigenvalue weighted by molar-refractivity contribution is -0.118. The van der Waals surface area contributed by atoms with Crippen molar-refractivity contribution < 1.29 is 4.79 Å². The van der Waals surface area contributed by atoms with E-state index in [9.17, 15) is 14.4 Å². The number of nitrogens with zero attached hydrogens (tertiary/aromatic N) is 3. The van der Waals surface area contributed by atoms with Gasteiger partial charge in [0, 0.05) is 19.3 Å². The average molecular weight is 379 g/mol. The summed E-state index contributed by atoms with van der Waals surface area (Å²) in [5.41, 5.74) is 1.51. The van der Waals surface area contributed by atoms with Gasteiger partial charge in [0.05, 0.1) is 10.9 Å². The number of aromatic nitrogens is 2. The van der Waals surface area contributed by atoms with Crippen LogP contribution >= 0.6 is 0 Å². The number of hydrogen-bond donors (Lipinski definition) is 0. The van der Waals surface area contributed by atoms with E-state index in [2.05, 4.69) is 0 Å². The Balaban J connectivity index is 2.08. The summed E-state index contributed by atoms with van der Waals surface area (Å²) in [5.74, 6) is -0.0988. The predicted octanol–water partition coefficient (Wildman–Crippen LogP) is 2.79. The van der Waals surface area contributed by atoms with E-state index in [1.165, 1.54) is 14.0 Å². The summed E-state index contributed by atoms with van der Waals surface area (Å²) in [4.78, 5) is 40.3. The Hall–Kier alpha value is -3.15. The molecule has 1 aromatic heterocycles. The molecule has 0 spiro atoms. The molecule has 2 aromatic carbocycles. The van der Waals surface area contributed by atoms with E-state index in [1.807, 2.05) is 45.0 Å². The third kappa shape index (κ3) is 3.76. The SMILES string of the molecule is Cc1cccc(N(C)C(=O)Cn2c(=O)n(CC(C)C)c(=O)c3ccccc32)c1. The zero-order valence-corrected chi connectivity index (χ0v) is 16.7. The van der Waals surface area contributed by atoms with Gasteiger partial charge in [-0.3, -0.25) is 18.7 Å². The Labute approximate surface area is 163 Å². The molecule has 0 N–H and O–H groups in total. The molecule has 0 fully saturated rings. The molecular weight excluding hydrogens is 354 g/mol. The summed E-state index contributed by atoms with van der Waals surface area (Å²) >= 11 is 0. The second-order valence-corrected chi connectivity index (χ2v) is 7.49. The normalized spacial score (nSPS) is 11.2. The molecule has 0 saturated carbocycles. The van der Waals surface area contributed by atoms with Crippen LogP contribution in [-0.4, -0.2) is 22.1 Å². The molecular formula is C22H25N3O3. The first-order chi connectivity index (χ1) is 13.3. The van der Waals surface area contributed by atoms with Crippen molar-refractivity contribution in [3.05, 3.63) is 74.9 Å². The standard InChI is InChI=1S/C22H25N3O3/c1-15(2)13-25-21(27)18-10-5-6-11-19(18)24(22(25)28)14-20(26)23(4)17-9-7-8-16(3)12-17/h5-12,15H,13-14H2,1-4H3. The topological polar surface area (TPSA) is 64.3 Å². The molecule has 0 unspecified atom stereocenters. The Bertz CT molecular complexity index is 1140. The molecule has 0 saturated heterocycles. The van der Waals surface area contributed by atoms with Gasteiger partial charge in [-0.15, -0.1) is 0 Å². The van der Waals surface area contributed by atoms with Crippen LogP contribution in [0.4, 0.5) is 5.69 Å². The van der Waals surface area contributed by atoms with Crippen LogP contribution in [0, 0.1) is 12.8 Å². The molecule has 0 radical (unpaired) electrons. The number of anilines is 1. The first-order valence-electron chi connectivity index (χ1n) is 9.35. The van der Waals surface area contributed by atoms with Crippen molar-refractivity contribution in [2.75, 3.05) is 11.9 Å². The van der Waals surface area contributed by atoms with E-state index in [1.54, 1.807) is 31.3 Å². The fraction of sp³-hybridized carbons (Fsp3) is 0.318. The Kier molecular flexibility index (Phi) is 5.49. The van der Waals surface area contributed by atoms with Gasteiger partial charge in [-0.1, -0.05) is 38.1 Å². The number of rotatable bonds is 5. The van der Waals surface area contributed by atoms with Crippen LogP contribution in [0.15, 0.2) is 58.1 Å². The fourth-order valence-electron chi connectivity index (χ4n) is 3.27. The van der Waals surface area contributed by atoms with Crippen LogP contribution in [0.5, 0.6) is 0 Å². The molecule has 1 heterocycles. The summed E-state index contributed by atoms with van der Waals surface area (Å²) in [6.45, 7) is 6.03. The van der Waals surface area contributed by atoms with Gasteiger partial charge in [0.15, 0.2) is 0 Å². The summed E-state index contributed by atoms with van der Waals surface area (Å²) in [6, 6.07) is 14.5. The Morgan fingerprint density at radius 2 is 1.75 bits per heavy atom. The van der Waals surface area contributed by atoms with Gasteiger partial charge in [0.25, 0.3) is 5.56 Å². The number of fused-ring (bicyclic) bond motifs is 1. The summed E-state index contributed by atoms with van der Waals surface area (Å²) in [5, 5.41) is 0.439. The van der Waals surface area contributed by atoms with Crippen LogP contribution < -0.4 is 16.1 Å². The average Bonchev–Trinajstić information content (AvgIpc) is 2.67. The number of carbonyl (C=O) groups excluding carboxylic acids is 1. The summed E-state index contributed by atoms with van der Waals surface area (Å²) in [7, 11) is 1.69. The maximum atomic E-state index is 13.0. The van der Waals surface area contributed by atoms with Crippen molar-refractivity contribution >= 4 is 22.5 Å². The lowest BCUT2D eigenvalue weighted by Gasteiger charge is -2.20. The van der Waals surface area contributed by atoms with Gasteiger partial charge in [-0.25, -0.2) is 4.79 Å². The lowest BCUT2D eigenvalue weighted by atomic mass is 10.2. The summed E-state index contributed by atoms with van der Waals surface area (Å²) in [6.07, 6.45) is 0. The molecule has 0 atom stereocenters. The van der Waals surface area contributed by atoms with Crippen molar-refractivity contribution in [2.24, 2.45) is 5.92 Å². The minimum Gasteiger partial charge on any atom is -0.314 e. The monoisotopic (exact) mass is 379 g/mol. The minimum absolute atomic E-state index is 0.130. The van der Waals surface area contributed by atoms with Crippen molar-refractivity contribution in [1.29, 1.82) is 0 Å². The van der Waals surface area contributed by atoms with Gasteiger partial charge >= 0.3 is 5.69 Å². The zero-order chi connectivity index (χ0) is 20.4. The lowest BCUT2D eigenvalue weighted by Crippen LogP contribution is -2.43. The Morgan fingerprint density at radius 3 is 2.43 bits per heavy atom. The molecule has 28 heavy (non-hydrogen) atoms. The van der Waals surface area contributed by atoms with Gasteiger partial charge in [0.2, 0.25) is 5.91 Å². The van der Waals surface area contributed by atoms with Gasteiger partial charge in [-0.05, 0) is 42.7 Å². The highest BCUT2D eigenvalue weighted by molar-refractivity contribution is 5.93. The number of aryl methyl sites for hydroxylation is 1. The quantitative estimate of drug-likeness (QED) is 0.685. The molecule has 0 aliphatic carbocycles. The van der Waals surface area contributed by atoms with Gasteiger partial charge < -0.3 is 4.90 Å². The molecule has 1 amide bonds. The van der Waals surface area contributed by atoms with Crippen LogP contribution in [-0.2, 0) is 17.9 Å². The summed E-state index contributed by atoms with van der Waals surface area (Å²) < 4.78 is 2.63. The third-order valence-corrected chi connectivity index (χ3v) is 4.74. The van der Waals surface area contributed by atoms with E-state index in [0.29, 0.717) is 17.4 Å². The highest BCUT2D eigenvalue weighted by Crippen LogP contribution is 2.15. The van der Waals surface area contributed by atoms with Crippen LogP contribution in [0.2, 0.25) is 0 Å². The Morgan fingerprint density at radius 1 is 1.04 bits per heavy atom. The van der Waals surface area contributed by atoms with E-state index >= 15 is 0 Å². The van der Waals surface area contributed by atoms with Crippen LogP contribution in [0.25, 0.3) is 10.9 Å². The van der Waals surface area contributed by atoms with Gasteiger partial charge in [-0.2, -0.15) is 0 Å². The van der Waals surface area contributed by atoms with Crippen LogP contribution in [0.1, 0.15) is 19.4 Å². The molecule has 6 nitrogen and oxygen atoms in total. The number of likely N-dealkylation sites (N-methyl/N-ethyl adjacent to an activating group) is 1. The molecule has 0 aliphatic rings. The van der Waals surface area contributed by atoms with E-state index < -0.39 is 5.69 Å². The third-order valence-electron chi connectivity index (χ3n) is 4.74. The van der Waals surface area contributed by atoms with Crippen molar-refractivity contribution in [3.63, 3.8) is 0 Å². The second-order valence-electron chi connectivity index (χ2n) is 7.49. The number of benzene rings is 2. The zero-order valence-electron chi connectivity index (χ0n) is 16.7. The highest BCUT2D eigenvalue weighted by Gasteiger charge is 2.18. The number of para-hydroxylation sites is 1. The number of hydrogen-bond acceptors (Lipinski definition) is 3. The smallest absolute Gasteiger partial charge is 0.314 e. The van der Waals surface area contributed by atoms with Crippen LogP contribution in [0.3, 0.4) is 0 Å². The van der Waals surface area contributed by atoms with Gasteiger partial charge in [0.1, 0.15) is 6.54 Å². The molecule has 3 aromatic rings. The molecule has 0 aliphatic heterocycles. The number of amides is 1. The molecule has 146 valence electrons. The minimum atomic E-state index is -0.455. The largest absolute Gasteiger partial charge is 0.331 e. The maximum absolute atomic E-state index is 13.0. The fourth-order valence-corrected chi connectivity index (χ4v) is 3.27. The van der Waals surface area contributed by atoms with E-state index in [4.69, 9.17) is 0 Å². The van der Waals surface area contributed by atoms with E-state index in [0.717, 1.165) is 11.3 Å². The second kappa shape index (κ2) is 7.84. The first-order valence-corrected chi connectivity index (χ1v) is 9.35. The molecule has 0 bridgehead atoms. The first kappa shape index (κ1) is 19.6. The molecule has 6 heteroatoms. The van der Waals surface area contributed by atoms with Crippen molar-refractivity contribution in [1.82, 2.24) is 9.13 Å². The van der Waals surface area contributed by atoms with Crippen molar-refractivity contribution in [2.45, 2.75) is 33.9 Å². The number of carbonyl (C=O) groups is 1.